The number of ether oxygens (including phenoxy) is 1. The molecule has 0 atom stereocenters. The molecule has 0 amide bonds. The van der Waals surface area contributed by atoms with Crippen molar-refractivity contribution >= 4 is 24.1 Å². The van der Waals surface area contributed by atoms with Crippen molar-refractivity contribution in [1.82, 2.24) is 0 Å². The zero-order valence-corrected chi connectivity index (χ0v) is 13.3. The first kappa shape index (κ1) is 17.1. The van der Waals surface area contributed by atoms with E-state index >= 15 is 0 Å². The molecule has 0 aliphatic heterocycles. The van der Waals surface area contributed by atoms with Crippen molar-refractivity contribution < 1.29 is 9.53 Å². The van der Waals surface area contributed by atoms with Gasteiger partial charge in [0.1, 0.15) is 12.4 Å². The summed E-state index contributed by atoms with van der Waals surface area (Å²) in [6, 6.07) is 15.2. The van der Waals surface area contributed by atoms with Gasteiger partial charge in [-0.1, -0.05) is 31.2 Å². The van der Waals surface area contributed by atoms with Gasteiger partial charge >= 0.3 is 0 Å². The molecular formula is C17H21NO2S. The summed E-state index contributed by atoms with van der Waals surface area (Å²) in [7, 11) is 0. The van der Waals surface area contributed by atoms with E-state index in [1.54, 1.807) is 0 Å². The van der Waals surface area contributed by atoms with E-state index in [1.165, 1.54) is 0 Å². The molecule has 3 nitrogen and oxygen atoms in total. The van der Waals surface area contributed by atoms with Crippen LogP contribution < -0.4 is 10.5 Å². The highest BCUT2D eigenvalue weighted by Gasteiger charge is 1.99. The van der Waals surface area contributed by atoms with Gasteiger partial charge in [0.25, 0.3) is 0 Å². The van der Waals surface area contributed by atoms with Crippen molar-refractivity contribution in [2.24, 2.45) is 0 Å². The van der Waals surface area contributed by atoms with Crippen molar-refractivity contribution in [2.75, 3.05) is 12.3 Å². The summed E-state index contributed by atoms with van der Waals surface area (Å²) >= 11 is 4.07. The minimum Gasteiger partial charge on any atom is -0.486 e. The molecule has 112 valence electrons. The van der Waals surface area contributed by atoms with Gasteiger partial charge < -0.3 is 10.5 Å². The smallest absolute Gasteiger partial charge is 0.169 e. The molecule has 0 spiro atoms. The maximum atomic E-state index is 10.9. The summed E-state index contributed by atoms with van der Waals surface area (Å²) in [4.78, 5) is 11.8. The molecule has 0 saturated heterocycles. The molecule has 2 N–H and O–H groups in total. The van der Waals surface area contributed by atoms with Gasteiger partial charge in [-0.25, -0.2) is 0 Å². The van der Waals surface area contributed by atoms with E-state index in [9.17, 15) is 4.79 Å². The van der Waals surface area contributed by atoms with Gasteiger partial charge in [0.05, 0.1) is 0 Å². The van der Waals surface area contributed by atoms with Crippen LogP contribution in [0.1, 0.15) is 18.9 Å². The predicted molar refractivity (Wildman–Crippen MR) is 90.1 cm³/mol. The van der Waals surface area contributed by atoms with E-state index in [-0.39, 0.29) is 12.4 Å². The van der Waals surface area contributed by atoms with Crippen LogP contribution in [-0.2, 0) is 4.79 Å². The first-order valence-electron chi connectivity index (χ1n) is 6.77. The molecule has 4 heteroatoms. The van der Waals surface area contributed by atoms with Crippen molar-refractivity contribution in [3.8, 4) is 5.75 Å². The summed E-state index contributed by atoms with van der Waals surface area (Å²) < 4.78 is 5.29. The number of rotatable bonds is 4. The Hall–Kier alpha value is -1.94. The van der Waals surface area contributed by atoms with Gasteiger partial charge in [0.2, 0.25) is 0 Å². The predicted octanol–water partition coefficient (Wildman–Crippen LogP) is 3.91. The number of nitrogens with two attached hydrogens (primary N) is 1. The molecule has 0 aliphatic carbocycles. The fraction of sp³-hybridized carbons (Fsp3) is 0.235. The molecule has 0 aromatic heterocycles. The lowest BCUT2D eigenvalue weighted by atomic mass is 10.2. The lowest BCUT2D eigenvalue weighted by molar-refractivity contribution is -0.120. The van der Waals surface area contributed by atoms with Gasteiger partial charge in [-0.05, 0) is 36.8 Å². The fourth-order valence-electron chi connectivity index (χ4n) is 1.46. The molecule has 0 unspecified atom stereocenters. The third-order valence-electron chi connectivity index (χ3n) is 2.72. The second kappa shape index (κ2) is 9.08. The number of thiol groups is 1. The van der Waals surface area contributed by atoms with E-state index in [2.05, 4.69) is 12.6 Å². The van der Waals surface area contributed by atoms with E-state index in [0.29, 0.717) is 6.42 Å². The lowest BCUT2D eigenvalue weighted by Crippen LogP contribution is -2.09. The number of Topliss-reactive ketones (excluding diaryl/α,β-unsaturated/α-hetero) is 1. The van der Waals surface area contributed by atoms with Gasteiger partial charge in [-0.15, -0.1) is 12.6 Å². The van der Waals surface area contributed by atoms with Crippen molar-refractivity contribution in [1.29, 1.82) is 0 Å². The number of anilines is 1. The highest BCUT2D eigenvalue weighted by molar-refractivity contribution is 7.80. The normalized spacial score (nSPS) is 9.48. The highest BCUT2D eigenvalue weighted by Crippen LogP contribution is 2.13. The van der Waals surface area contributed by atoms with Crippen molar-refractivity contribution in [3.05, 3.63) is 54.1 Å². The number of hydrogen-bond acceptors (Lipinski definition) is 4. The summed E-state index contributed by atoms with van der Waals surface area (Å²) in [6.45, 7) is 4.01. The van der Waals surface area contributed by atoms with Crippen LogP contribution in [0.25, 0.3) is 0 Å². The minimum atomic E-state index is 0.126. The standard InChI is InChI=1S/C11H14O2.C6H7NS/c1-3-10(12)8-13-11-6-4-5-9(2)7-11;7-5-3-1-2-4-6(5)8/h4-7H,3,8H2,1-2H3;1-4,8H,7H2. The molecule has 0 fully saturated rings. The number of benzene rings is 2. The van der Waals surface area contributed by atoms with Gasteiger partial charge in [-0.3, -0.25) is 4.79 Å². The molecule has 2 aromatic carbocycles. The number of aryl methyl sites for hydroxylation is 1. The van der Waals surface area contributed by atoms with E-state index < -0.39 is 0 Å². The maximum Gasteiger partial charge on any atom is 0.169 e. The average Bonchev–Trinajstić information content (AvgIpc) is 2.48. The van der Waals surface area contributed by atoms with Crippen LogP contribution >= 0.6 is 12.6 Å². The Bertz CT molecular complexity index is 564. The summed E-state index contributed by atoms with van der Waals surface area (Å²) in [5.74, 6) is 0.892. The largest absolute Gasteiger partial charge is 0.486 e. The molecule has 0 saturated carbocycles. The quantitative estimate of drug-likeness (QED) is 0.665. The number of carbonyl (C=O) groups is 1. The average molecular weight is 303 g/mol. The van der Waals surface area contributed by atoms with Crippen LogP contribution in [-0.4, -0.2) is 12.4 Å². The van der Waals surface area contributed by atoms with E-state index in [0.717, 1.165) is 21.9 Å². The van der Waals surface area contributed by atoms with Gasteiger partial charge in [-0.2, -0.15) is 0 Å². The van der Waals surface area contributed by atoms with Gasteiger partial charge in [0.15, 0.2) is 5.78 Å². The Morgan fingerprint density at radius 2 is 1.90 bits per heavy atom. The highest BCUT2D eigenvalue weighted by atomic mass is 32.1. The van der Waals surface area contributed by atoms with E-state index in [4.69, 9.17) is 10.5 Å². The van der Waals surface area contributed by atoms with Crippen LogP contribution in [0, 0.1) is 6.92 Å². The number of carbonyl (C=O) groups excluding carboxylic acids is 1. The maximum absolute atomic E-state index is 10.9. The third-order valence-corrected chi connectivity index (χ3v) is 3.13. The molecule has 2 aromatic rings. The monoisotopic (exact) mass is 303 g/mol. The van der Waals surface area contributed by atoms with Crippen molar-refractivity contribution in [3.63, 3.8) is 0 Å². The van der Waals surface area contributed by atoms with Crippen LogP contribution in [0.15, 0.2) is 53.4 Å². The Morgan fingerprint density at radius 3 is 2.43 bits per heavy atom. The van der Waals surface area contributed by atoms with Crippen molar-refractivity contribution in [2.45, 2.75) is 25.2 Å². The van der Waals surface area contributed by atoms with Crippen LogP contribution in [0.2, 0.25) is 0 Å². The Balaban J connectivity index is 0.000000235. The Morgan fingerprint density at radius 1 is 1.19 bits per heavy atom. The van der Waals surface area contributed by atoms with Crippen LogP contribution in [0.4, 0.5) is 5.69 Å². The first-order chi connectivity index (χ1) is 10.0. The molecule has 0 radical (unpaired) electrons. The minimum absolute atomic E-state index is 0.126. The number of hydrogen-bond donors (Lipinski definition) is 2. The zero-order valence-electron chi connectivity index (χ0n) is 12.4. The van der Waals surface area contributed by atoms with Crippen LogP contribution in [0.5, 0.6) is 5.75 Å². The third kappa shape index (κ3) is 6.86. The Kier molecular flexibility index (Phi) is 7.40. The van der Waals surface area contributed by atoms with E-state index in [1.807, 2.05) is 62.4 Å². The summed E-state index contributed by atoms with van der Waals surface area (Å²) in [6.07, 6.45) is 0.534. The summed E-state index contributed by atoms with van der Waals surface area (Å²) in [5, 5.41) is 0. The molecule has 21 heavy (non-hydrogen) atoms. The van der Waals surface area contributed by atoms with Crippen LogP contribution in [0.3, 0.4) is 0 Å². The molecule has 0 heterocycles. The fourth-order valence-corrected chi connectivity index (χ4v) is 1.62. The lowest BCUT2D eigenvalue weighted by Gasteiger charge is -2.04. The molecule has 2 rings (SSSR count). The molecule has 0 aliphatic rings. The topological polar surface area (TPSA) is 52.3 Å². The number of ketones is 1. The Labute approximate surface area is 131 Å². The second-order valence-corrected chi connectivity index (χ2v) is 5.04. The summed E-state index contributed by atoms with van der Waals surface area (Å²) in [5.41, 5.74) is 7.32. The second-order valence-electron chi connectivity index (χ2n) is 4.56. The molecular weight excluding hydrogens is 282 g/mol. The van der Waals surface area contributed by atoms with Gasteiger partial charge in [0, 0.05) is 17.0 Å². The zero-order chi connectivity index (χ0) is 15.7. The first-order valence-corrected chi connectivity index (χ1v) is 7.22. The molecule has 0 bridgehead atoms. The SMILES string of the molecule is CCC(=O)COc1cccc(C)c1.Nc1ccccc1S. The number of para-hydroxylation sites is 1. The number of nitrogen functional groups attached to an aromatic ring is 1.